The van der Waals surface area contributed by atoms with E-state index < -0.39 is 24.4 Å². The second-order valence-electron chi connectivity index (χ2n) is 13.8. The fourth-order valence-electron chi connectivity index (χ4n) is 7.44. The molecule has 0 atom stereocenters. The molecule has 6 rings (SSSR count). The van der Waals surface area contributed by atoms with Crippen LogP contribution in [0, 0.1) is 0 Å². The predicted molar refractivity (Wildman–Crippen MR) is 191 cm³/mol. The third kappa shape index (κ3) is 9.93. The zero-order valence-electron chi connectivity index (χ0n) is 29.2. The maximum Gasteiger partial charge on any atom is 0.471 e. The van der Waals surface area contributed by atoms with E-state index >= 15 is 0 Å². The molecule has 4 aromatic rings. The van der Waals surface area contributed by atoms with Gasteiger partial charge in [0.25, 0.3) is 0 Å². The third-order valence-corrected chi connectivity index (χ3v) is 10.3. The molecule has 3 N–H and O–H groups in total. The number of halogens is 3. The van der Waals surface area contributed by atoms with Gasteiger partial charge in [-0.2, -0.15) is 13.2 Å². The summed E-state index contributed by atoms with van der Waals surface area (Å²) in [4.78, 5) is 51.8. The molecule has 274 valence electrons. The van der Waals surface area contributed by atoms with Crippen LogP contribution in [0.2, 0.25) is 0 Å². The minimum Gasteiger partial charge on any atom is -0.341 e. The molecule has 2 aliphatic rings. The molecule has 2 aromatic heterocycles. The topological polar surface area (TPSA) is 141 Å². The summed E-state index contributed by atoms with van der Waals surface area (Å²) in [7, 11) is 0. The van der Waals surface area contributed by atoms with Crippen molar-refractivity contribution in [2.75, 3.05) is 13.1 Å². The first-order valence-corrected chi connectivity index (χ1v) is 17.9. The van der Waals surface area contributed by atoms with Gasteiger partial charge in [-0.3, -0.25) is 14.4 Å². The Labute approximate surface area is 302 Å². The Hall–Kier alpha value is -4.84. The second-order valence-corrected chi connectivity index (χ2v) is 13.8. The number of hydrogen-bond acceptors (Lipinski definition) is 8. The fourth-order valence-corrected chi connectivity index (χ4v) is 7.44. The first kappa shape index (κ1) is 38.4. The molecular formula is C40H45F3N6O3. The van der Waals surface area contributed by atoms with Gasteiger partial charge in [-0.15, -0.1) is 0 Å². The molecule has 12 heteroatoms. The Morgan fingerprint density at radius 1 is 0.615 bits per heavy atom. The number of nitrogens with zero attached hydrogens (tertiary/aromatic N) is 4. The zero-order valence-corrected chi connectivity index (χ0v) is 29.2. The summed E-state index contributed by atoms with van der Waals surface area (Å²) < 4.78 is 36.6. The van der Waals surface area contributed by atoms with Crippen molar-refractivity contribution < 1.29 is 27.6 Å². The third-order valence-electron chi connectivity index (χ3n) is 10.3. The first-order valence-electron chi connectivity index (χ1n) is 17.9. The number of rotatable bonds is 11. The number of Topliss-reactive ketones (excluding diaryl/α,β-unsaturated/α-hetero) is 2. The van der Waals surface area contributed by atoms with Gasteiger partial charge in [0, 0.05) is 48.5 Å². The lowest BCUT2D eigenvalue weighted by Gasteiger charge is -2.37. The normalized spacial score (nSPS) is 16.5. The van der Waals surface area contributed by atoms with E-state index in [-0.39, 0.29) is 28.7 Å². The van der Waals surface area contributed by atoms with Crippen molar-refractivity contribution in [3.63, 3.8) is 0 Å². The largest absolute Gasteiger partial charge is 0.471 e. The van der Waals surface area contributed by atoms with Crippen LogP contribution in [0.3, 0.4) is 0 Å². The van der Waals surface area contributed by atoms with Crippen LogP contribution in [0.4, 0.5) is 13.2 Å². The van der Waals surface area contributed by atoms with Crippen LogP contribution in [0.15, 0.2) is 85.5 Å². The Balaban J connectivity index is 0.000000206. The molecule has 0 bridgehead atoms. The molecule has 1 amide bonds. The van der Waals surface area contributed by atoms with E-state index in [2.05, 4.69) is 62.4 Å². The number of amides is 1. The number of aromatic nitrogens is 4. The van der Waals surface area contributed by atoms with E-state index in [9.17, 15) is 27.6 Å². The van der Waals surface area contributed by atoms with Gasteiger partial charge in [0.05, 0.1) is 24.2 Å². The number of hydrogen-bond donors (Lipinski definition) is 2. The summed E-state index contributed by atoms with van der Waals surface area (Å²) in [6, 6.07) is 21.0. The predicted octanol–water partition coefficient (Wildman–Crippen LogP) is 6.85. The molecule has 0 spiro atoms. The van der Waals surface area contributed by atoms with Crippen LogP contribution in [0.5, 0.6) is 0 Å². The van der Waals surface area contributed by atoms with Gasteiger partial charge in [-0.05, 0) is 36.8 Å². The Bertz CT molecular complexity index is 1760. The summed E-state index contributed by atoms with van der Waals surface area (Å²) in [5.74, 6) is -1.54. The zero-order chi connectivity index (χ0) is 37.0. The van der Waals surface area contributed by atoms with Gasteiger partial charge < -0.3 is 11.1 Å². The molecular weight excluding hydrogens is 669 g/mol. The number of carbonyl (C=O) groups is 3. The number of ketones is 2. The number of carbonyl (C=O) groups excluding carboxylic acids is 3. The summed E-state index contributed by atoms with van der Waals surface area (Å²) >= 11 is 0. The summed E-state index contributed by atoms with van der Waals surface area (Å²) in [6.07, 6.45) is 14.0. The van der Waals surface area contributed by atoms with Crippen molar-refractivity contribution in [1.29, 1.82) is 0 Å². The minimum absolute atomic E-state index is 0.00331. The highest BCUT2D eigenvalue weighted by molar-refractivity contribution is 5.99. The number of nitrogens with two attached hydrogens (primary N) is 1. The molecule has 0 unspecified atom stereocenters. The molecule has 2 saturated carbocycles. The van der Waals surface area contributed by atoms with Crippen LogP contribution < -0.4 is 11.1 Å². The maximum atomic E-state index is 12.2. The van der Waals surface area contributed by atoms with Crippen molar-refractivity contribution in [3.05, 3.63) is 119 Å². The van der Waals surface area contributed by atoms with Crippen LogP contribution in [-0.4, -0.2) is 56.7 Å². The molecule has 2 fully saturated rings. The molecule has 0 aliphatic heterocycles. The highest BCUT2D eigenvalue weighted by Gasteiger charge is 2.39. The smallest absolute Gasteiger partial charge is 0.341 e. The highest BCUT2D eigenvalue weighted by Crippen LogP contribution is 2.42. The molecule has 2 aromatic carbocycles. The van der Waals surface area contributed by atoms with Crippen molar-refractivity contribution in [2.24, 2.45) is 5.73 Å². The van der Waals surface area contributed by atoms with Crippen LogP contribution in [0.1, 0.15) is 108 Å². The lowest BCUT2D eigenvalue weighted by atomic mass is 9.67. The molecule has 9 nitrogen and oxygen atoms in total. The Kier molecular flexibility index (Phi) is 13.0. The minimum atomic E-state index is -5.02. The lowest BCUT2D eigenvalue weighted by Crippen LogP contribution is -2.39. The van der Waals surface area contributed by atoms with Gasteiger partial charge >= 0.3 is 12.1 Å². The standard InChI is InChI=1S/C21H22F3N3O2.C19H23N3O/c22-21(23,24)19(29)27-14-17(28)15-12-25-18(26-13-15)11-20(9-5-2-6-10-20)16-7-3-1-4-8-16;20-12-17(23)15-13-21-18(22-14-15)11-19(9-5-2-6-10-19)16-7-3-1-4-8-16/h1,3-4,7-8,12-13H,2,5-6,9-11,14H2,(H,27,29);1,3-4,7-8,13-14H,2,5-6,9-12,20H2. The van der Waals surface area contributed by atoms with Gasteiger partial charge in [0.2, 0.25) is 0 Å². The quantitative estimate of drug-likeness (QED) is 0.161. The van der Waals surface area contributed by atoms with E-state index in [0.717, 1.165) is 37.9 Å². The number of nitrogens with one attached hydrogen (secondary N) is 1. The fraction of sp³-hybridized carbons (Fsp3) is 0.425. The molecule has 2 aliphatic carbocycles. The molecule has 52 heavy (non-hydrogen) atoms. The average molecular weight is 715 g/mol. The Morgan fingerprint density at radius 3 is 1.37 bits per heavy atom. The van der Waals surface area contributed by atoms with E-state index in [1.165, 1.54) is 62.0 Å². The Morgan fingerprint density at radius 2 is 1.00 bits per heavy atom. The van der Waals surface area contributed by atoms with E-state index in [1.54, 1.807) is 17.7 Å². The summed E-state index contributed by atoms with van der Waals surface area (Å²) in [5, 5.41) is 1.56. The van der Waals surface area contributed by atoms with E-state index in [0.29, 0.717) is 17.8 Å². The monoisotopic (exact) mass is 714 g/mol. The summed E-state index contributed by atoms with van der Waals surface area (Å²) in [5.41, 5.74) is 8.64. The molecule has 0 saturated heterocycles. The lowest BCUT2D eigenvalue weighted by molar-refractivity contribution is -0.173. The number of benzene rings is 2. The SMILES string of the molecule is NCC(=O)c1cnc(CC2(c3ccccc3)CCCCC2)nc1.O=C(CNC(=O)C(F)(F)F)c1cnc(CC2(c3ccccc3)CCCCC2)nc1. The number of alkyl halides is 3. The molecule has 0 radical (unpaired) electrons. The van der Waals surface area contributed by atoms with Crippen molar-refractivity contribution in [1.82, 2.24) is 25.3 Å². The maximum absolute atomic E-state index is 12.2. The van der Waals surface area contributed by atoms with E-state index in [4.69, 9.17) is 5.73 Å². The highest BCUT2D eigenvalue weighted by atomic mass is 19.4. The van der Waals surface area contributed by atoms with Crippen molar-refractivity contribution in [3.8, 4) is 0 Å². The van der Waals surface area contributed by atoms with E-state index in [1.807, 2.05) is 18.2 Å². The van der Waals surface area contributed by atoms with Crippen LogP contribution in [0.25, 0.3) is 0 Å². The average Bonchev–Trinajstić information content (AvgIpc) is 3.18. The van der Waals surface area contributed by atoms with Gasteiger partial charge in [0.15, 0.2) is 11.6 Å². The second kappa shape index (κ2) is 17.6. The molecule has 2 heterocycles. The van der Waals surface area contributed by atoms with Crippen molar-refractivity contribution >= 4 is 17.5 Å². The summed E-state index contributed by atoms with van der Waals surface area (Å²) in [6.45, 7) is -0.758. The van der Waals surface area contributed by atoms with Crippen LogP contribution >= 0.6 is 0 Å². The van der Waals surface area contributed by atoms with Gasteiger partial charge in [-0.25, -0.2) is 19.9 Å². The van der Waals surface area contributed by atoms with Crippen LogP contribution in [-0.2, 0) is 28.5 Å². The van der Waals surface area contributed by atoms with Gasteiger partial charge in [-0.1, -0.05) is 99.2 Å². The van der Waals surface area contributed by atoms with Crippen molar-refractivity contribution in [2.45, 2.75) is 94.1 Å². The first-order chi connectivity index (χ1) is 25.0. The van der Waals surface area contributed by atoms with Gasteiger partial charge in [0.1, 0.15) is 11.6 Å².